The van der Waals surface area contributed by atoms with E-state index in [9.17, 15) is 4.79 Å². The molecule has 1 amide bonds. The standard InChI is InChI=1S/C8H6N2OSe/c9-5-6-1-3-7(4-2-6)12-8(10)11/h1-4H,(H2,10,11). The molecule has 0 saturated heterocycles. The SMILES string of the molecule is N#Cc1ccc([Se]C(N)=O)cc1. The van der Waals surface area contributed by atoms with Gasteiger partial charge in [-0.1, -0.05) is 0 Å². The van der Waals surface area contributed by atoms with E-state index in [4.69, 9.17) is 11.0 Å². The van der Waals surface area contributed by atoms with Crippen molar-refractivity contribution < 1.29 is 4.79 Å². The van der Waals surface area contributed by atoms with Crippen LogP contribution in [0.15, 0.2) is 24.3 Å². The van der Waals surface area contributed by atoms with Gasteiger partial charge in [0.1, 0.15) is 0 Å². The van der Waals surface area contributed by atoms with Crippen molar-refractivity contribution in [2.75, 3.05) is 0 Å². The van der Waals surface area contributed by atoms with Gasteiger partial charge in [0.2, 0.25) is 0 Å². The van der Waals surface area contributed by atoms with Gasteiger partial charge in [0.25, 0.3) is 0 Å². The van der Waals surface area contributed by atoms with E-state index < -0.39 is 0 Å². The molecule has 4 heteroatoms. The van der Waals surface area contributed by atoms with Crippen LogP contribution in [0.2, 0.25) is 0 Å². The third kappa shape index (κ3) is 2.39. The Bertz CT molecular complexity index is 326. The molecule has 0 saturated carbocycles. The van der Waals surface area contributed by atoms with Gasteiger partial charge in [0.05, 0.1) is 0 Å². The molecule has 0 aliphatic carbocycles. The number of nitrogens with zero attached hydrogens (tertiary/aromatic N) is 1. The molecule has 1 aromatic rings. The molecule has 0 bridgehead atoms. The second-order valence-corrected chi connectivity index (χ2v) is 4.32. The van der Waals surface area contributed by atoms with Gasteiger partial charge in [0.15, 0.2) is 0 Å². The fourth-order valence-corrected chi connectivity index (χ4v) is 1.77. The quantitative estimate of drug-likeness (QED) is 0.718. The summed E-state index contributed by atoms with van der Waals surface area (Å²) in [4.78, 5) is 10.2. The zero-order valence-electron chi connectivity index (χ0n) is 6.15. The number of primary amides is 1. The molecule has 0 aliphatic rings. The molecular formula is C8H6N2OSe. The summed E-state index contributed by atoms with van der Waals surface area (Å²) < 4.78 is 0.897. The molecule has 0 aromatic heterocycles. The minimum absolute atomic E-state index is 0.299. The monoisotopic (exact) mass is 226 g/mol. The van der Waals surface area contributed by atoms with Crippen molar-refractivity contribution in [2.24, 2.45) is 5.73 Å². The van der Waals surface area contributed by atoms with Crippen molar-refractivity contribution in [3.63, 3.8) is 0 Å². The predicted octanol–water partition coefficient (Wildman–Crippen LogP) is -0.0335. The Morgan fingerprint density at radius 1 is 1.42 bits per heavy atom. The van der Waals surface area contributed by atoms with Crippen LogP contribution in [-0.2, 0) is 0 Å². The summed E-state index contributed by atoms with van der Waals surface area (Å²) >= 11 is -0.312. The third-order valence-electron chi connectivity index (χ3n) is 1.20. The summed E-state index contributed by atoms with van der Waals surface area (Å²) in [6, 6.07) is 8.87. The first-order chi connectivity index (χ1) is 5.72. The maximum absolute atomic E-state index is 10.5. The van der Waals surface area contributed by atoms with Gasteiger partial charge < -0.3 is 0 Å². The number of nitriles is 1. The Morgan fingerprint density at radius 2 is 2.00 bits per heavy atom. The molecule has 0 aliphatic heterocycles. The molecule has 3 nitrogen and oxygen atoms in total. The van der Waals surface area contributed by atoms with Crippen molar-refractivity contribution in [1.29, 1.82) is 5.26 Å². The number of benzene rings is 1. The summed E-state index contributed by atoms with van der Waals surface area (Å²) in [5.41, 5.74) is 5.62. The summed E-state index contributed by atoms with van der Waals surface area (Å²) in [6.45, 7) is 0. The third-order valence-corrected chi connectivity index (χ3v) is 2.69. The van der Waals surface area contributed by atoms with Crippen LogP contribution in [0, 0.1) is 11.3 Å². The normalized spacial score (nSPS) is 8.92. The first-order valence-corrected chi connectivity index (χ1v) is 4.91. The van der Waals surface area contributed by atoms with Gasteiger partial charge in [-0.2, -0.15) is 0 Å². The Kier molecular flexibility index (Phi) is 2.87. The topological polar surface area (TPSA) is 66.9 Å². The van der Waals surface area contributed by atoms with Crippen LogP contribution in [0.3, 0.4) is 0 Å². The predicted molar refractivity (Wildman–Crippen MR) is 46.1 cm³/mol. The van der Waals surface area contributed by atoms with Crippen LogP contribution in [0.25, 0.3) is 0 Å². The fraction of sp³-hybridized carbons (Fsp3) is 0. The van der Waals surface area contributed by atoms with Gasteiger partial charge in [-0.25, -0.2) is 0 Å². The number of nitrogens with two attached hydrogens (primary N) is 1. The van der Waals surface area contributed by atoms with Gasteiger partial charge in [-0.15, -0.1) is 0 Å². The average Bonchev–Trinajstić information content (AvgIpc) is 2.05. The van der Waals surface area contributed by atoms with E-state index in [-0.39, 0.29) is 19.8 Å². The maximum atomic E-state index is 10.5. The van der Waals surface area contributed by atoms with Crippen LogP contribution in [0.5, 0.6) is 0 Å². The molecule has 0 atom stereocenters. The number of hydrogen-bond acceptors (Lipinski definition) is 2. The molecule has 60 valence electrons. The summed E-state index contributed by atoms with van der Waals surface area (Å²) in [7, 11) is 0. The van der Waals surface area contributed by atoms with Gasteiger partial charge in [-0.05, 0) is 0 Å². The van der Waals surface area contributed by atoms with E-state index >= 15 is 0 Å². The number of hydrogen-bond donors (Lipinski definition) is 1. The van der Waals surface area contributed by atoms with Gasteiger partial charge in [0, 0.05) is 0 Å². The van der Waals surface area contributed by atoms with E-state index in [1.807, 2.05) is 6.07 Å². The molecule has 1 aromatic carbocycles. The second kappa shape index (κ2) is 3.91. The van der Waals surface area contributed by atoms with E-state index in [1.54, 1.807) is 24.3 Å². The van der Waals surface area contributed by atoms with Crippen molar-refractivity contribution >= 4 is 24.2 Å². The van der Waals surface area contributed by atoms with E-state index in [2.05, 4.69) is 0 Å². The number of rotatable bonds is 2. The molecular weight excluding hydrogens is 219 g/mol. The van der Waals surface area contributed by atoms with Crippen LogP contribution in [0.4, 0.5) is 4.79 Å². The molecule has 0 unspecified atom stereocenters. The fourth-order valence-electron chi connectivity index (χ4n) is 0.714. The molecule has 1 rings (SSSR count). The Balaban J connectivity index is 2.80. The Morgan fingerprint density at radius 3 is 2.42 bits per heavy atom. The van der Waals surface area contributed by atoms with E-state index in [0.29, 0.717) is 5.56 Å². The van der Waals surface area contributed by atoms with E-state index in [0.717, 1.165) is 4.46 Å². The summed E-state index contributed by atoms with van der Waals surface area (Å²) in [6.07, 6.45) is 0. The summed E-state index contributed by atoms with van der Waals surface area (Å²) in [5.74, 6) is 0. The molecule has 2 N–H and O–H groups in total. The molecule has 12 heavy (non-hydrogen) atoms. The summed E-state index contributed by atoms with van der Waals surface area (Å²) in [5, 5.41) is 8.47. The molecule has 0 heterocycles. The van der Waals surface area contributed by atoms with Gasteiger partial charge in [-0.3, -0.25) is 0 Å². The first kappa shape index (κ1) is 8.79. The first-order valence-electron chi connectivity index (χ1n) is 3.20. The molecule has 0 radical (unpaired) electrons. The Labute approximate surface area is 76.3 Å². The van der Waals surface area contributed by atoms with Crippen molar-refractivity contribution in [2.45, 2.75) is 0 Å². The van der Waals surface area contributed by atoms with Crippen molar-refractivity contribution in [3.05, 3.63) is 29.8 Å². The van der Waals surface area contributed by atoms with Crippen LogP contribution in [-0.4, -0.2) is 19.8 Å². The zero-order chi connectivity index (χ0) is 8.97. The van der Waals surface area contributed by atoms with Gasteiger partial charge >= 0.3 is 75.9 Å². The average molecular weight is 225 g/mol. The minimum atomic E-state index is -0.312. The number of carbonyl (C=O) groups excluding carboxylic acids is 1. The van der Waals surface area contributed by atoms with Crippen LogP contribution in [0.1, 0.15) is 5.56 Å². The number of carbonyl (C=O) groups is 1. The zero-order valence-corrected chi connectivity index (χ0v) is 7.86. The van der Waals surface area contributed by atoms with E-state index in [1.165, 1.54) is 0 Å². The number of amides is 1. The Hall–Kier alpha value is -1.30. The van der Waals surface area contributed by atoms with Crippen molar-refractivity contribution in [3.8, 4) is 6.07 Å². The van der Waals surface area contributed by atoms with Crippen LogP contribution >= 0.6 is 0 Å². The second-order valence-electron chi connectivity index (χ2n) is 2.06. The van der Waals surface area contributed by atoms with Crippen LogP contribution < -0.4 is 10.2 Å². The van der Waals surface area contributed by atoms with Crippen molar-refractivity contribution in [1.82, 2.24) is 0 Å². The molecule has 0 spiro atoms. The molecule has 0 fully saturated rings.